The Bertz CT molecular complexity index is 1470. The highest BCUT2D eigenvalue weighted by Crippen LogP contribution is 2.18. The van der Waals surface area contributed by atoms with Gasteiger partial charge >= 0.3 is 17.9 Å². The van der Waals surface area contributed by atoms with E-state index in [0.29, 0.717) is 19.3 Å². The van der Waals surface area contributed by atoms with Crippen LogP contribution in [0.3, 0.4) is 0 Å². The molecule has 0 radical (unpaired) electrons. The Morgan fingerprint density at radius 1 is 0.253 bits per heavy atom. The molecule has 0 aromatic rings. The maximum atomic E-state index is 13.0. The zero-order valence-corrected chi connectivity index (χ0v) is 55.7. The second-order valence-corrected chi connectivity index (χ2v) is 24.8. The van der Waals surface area contributed by atoms with Gasteiger partial charge in [0.05, 0.1) is 0 Å². The normalized spacial score (nSPS) is 12.4. The summed E-state index contributed by atoms with van der Waals surface area (Å²) >= 11 is 0. The highest BCUT2D eigenvalue weighted by Gasteiger charge is 2.19. The summed E-state index contributed by atoms with van der Waals surface area (Å²) in [5.41, 5.74) is 0. The van der Waals surface area contributed by atoms with E-state index in [4.69, 9.17) is 14.2 Å². The summed E-state index contributed by atoms with van der Waals surface area (Å²) in [6, 6.07) is 0. The first-order valence-corrected chi connectivity index (χ1v) is 36.8. The van der Waals surface area contributed by atoms with Gasteiger partial charge in [-0.2, -0.15) is 0 Å². The van der Waals surface area contributed by atoms with Gasteiger partial charge in [0, 0.05) is 19.3 Å². The molecule has 0 amide bonds. The molecule has 1 atom stereocenters. The van der Waals surface area contributed by atoms with Crippen LogP contribution in [-0.4, -0.2) is 37.2 Å². The summed E-state index contributed by atoms with van der Waals surface area (Å²) in [5.74, 6) is -0.843. The van der Waals surface area contributed by atoms with Gasteiger partial charge in [-0.05, 0) is 83.5 Å². The third-order valence-electron chi connectivity index (χ3n) is 16.5. The molecule has 0 aromatic heterocycles. The molecule has 0 N–H and O–H groups in total. The van der Waals surface area contributed by atoms with Gasteiger partial charge in [-0.25, -0.2) is 0 Å². The lowest BCUT2D eigenvalue weighted by Crippen LogP contribution is -2.30. The minimum absolute atomic E-state index is 0.0691. The van der Waals surface area contributed by atoms with Crippen LogP contribution in [0.4, 0.5) is 0 Å². The molecule has 0 aromatic carbocycles. The maximum absolute atomic E-state index is 13.0. The fourth-order valence-electron chi connectivity index (χ4n) is 11.0. The number of carbonyl (C=O) groups excluding carboxylic acids is 3. The van der Waals surface area contributed by atoms with Crippen LogP contribution in [0.25, 0.3) is 0 Å². The second kappa shape index (κ2) is 71.6. The van der Waals surface area contributed by atoms with E-state index in [1.54, 1.807) is 0 Å². The third kappa shape index (κ3) is 69.8. The summed E-state index contributed by atoms with van der Waals surface area (Å²) < 4.78 is 17.0. The van der Waals surface area contributed by atoms with E-state index >= 15 is 0 Å². The van der Waals surface area contributed by atoms with Crippen LogP contribution < -0.4 is 0 Å². The Balaban J connectivity index is 4.27. The van der Waals surface area contributed by atoms with Crippen LogP contribution in [0.1, 0.15) is 393 Å². The van der Waals surface area contributed by atoms with Crippen molar-refractivity contribution in [3.63, 3.8) is 0 Å². The van der Waals surface area contributed by atoms with Gasteiger partial charge in [0.2, 0.25) is 0 Å². The minimum atomic E-state index is -0.774. The third-order valence-corrected chi connectivity index (χ3v) is 16.5. The number of rotatable bonds is 68. The summed E-state index contributed by atoms with van der Waals surface area (Å²) in [5, 5.41) is 0. The smallest absolute Gasteiger partial charge is 0.306 e. The SMILES string of the molecule is CC/C=C\C/C=C\C/C=C\C/C=C\CCCCCCCCCCCCCCC(=O)OCC(COC(=O)CCCCCCCCCCCCCCCCC)OC(=O)CCCCCCCCCCCCCCC/C=C\CCCCCCCCCC. The van der Waals surface area contributed by atoms with Crippen LogP contribution >= 0.6 is 0 Å². The van der Waals surface area contributed by atoms with E-state index in [1.165, 1.54) is 270 Å². The zero-order chi connectivity index (χ0) is 59.9. The van der Waals surface area contributed by atoms with Crippen molar-refractivity contribution in [1.82, 2.24) is 0 Å². The van der Waals surface area contributed by atoms with Crippen molar-refractivity contribution in [3.05, 3.63) is 60.8 Å². The predicted molar refractivity (Wildman–Crippen MR) is 362 cm³/mol. The number of unbranched alkanes of at least 4 members (excludes halogenated alkanes) is 47. The molecule has 1 unspecified atom stereocenters. The molecule has 0 saturated heterocycles. The maximum Gasteiger partial charge on any atom is 0.306 e. The lowest BCUT2D eigenvalue weighted by atomic mass is 10.0. The fraction of sp³-hybridized carbons (Fsp3) is 0.831. The van der Waals surface area contributed by atoms with Gasteiger partial charge in [0.15, 0.2) is 6.10 Å². The van der Waals surface area contributed by atoms with Gasteiger partial charge in [0.1, 0.15) is 13.2 Å². The number of allylic oxidation sites excluding steroid dienone is 10. The monoisotopic (exact) mass is 1160 g/mol. The molecule has 83 heavy (non-hydrogen) atoms. The van der Waals surface area contributed by atoms with Crippen molar-refractivity contribution in [2.24, 2.45) is 0 Å². The average molecular weight is 1160 g/mol. The lowest BCUT2D eigenvalue weighted by molar-refractivity contribution is -0.167. The van der Waals surface area contributed by atoms with E-state index < -0.39 is 6.10 Å². The Labute approximate surface area is 517 Å². The molecule has 6 nitrogen and oxygen atoms in total. The molecule has 0 bridgehead atoms. The number of hydrogen-bond donors (Lipinski definition) is 0. The summed E-state index contributed by atoms with van der Waals surface area (Å²) in [4.78, 5) is 38.5. The van der Waals surface area contributed by atoms with Crippen molar-refractivity contribution in [2.75, 3.05) is 13.2 Å². The summed E-state index contributed by atoms with van der Waals surface area (Å²) in [6.45, 7) is 6.60. The van der Waals surface area contributed by atoms with E-state index in [0.717, 1.165) is 83.5 Å². The molecular weight excluding hydrogens is 1020 g/mol. The topological polar surface area (TPSA) is 78.9 Å². The summed E-state index contributed by atoms with van der Waals surface area (Å²) in [7, 11) is 0. The Hall–Kier alpha value is -2.89. The lowest BCUT2D eigenvalue weighted by Gasteiger charge is -2.18. The molecule has 0 spiro atoms. The van der Waals surface area contributed by atoms with Gasteiger partial charge in [-0.3, -0.25) is 14.4 Å². The second-order valence-electron chi connectivity index (χ2n) is 24.8. The molecule has 0 fully saturated rings. The molecule has 6 heteroatoms. The Morgan fingerprint density at radius 2 is 0.470 bits per heavy atom. The number of ether oxygens (including phenoxy) is 3. The molecular formula is C77H140O6. The fourth-order valence-corrected chi connectivity index (χ4v) is 11.0. The van der Waals surface area contributed by atoms with Crippen molar-refractivity contribution >= 4 is 17.9 Å². The highest BCUT2D eigenvalue weighted by atomic mass is 16.6. The standard InChI is InChI=1S/C77H140O6/c1-4-7-10-13-16-19-22-25-28-30-32-34-36-38-40-42-44-46-49-52-55-58-61-64-67-70-76(79)82-73-74(72-81-75(78)69-66-63-60-57-54-51-48-27-24-21-18-15-12-9-6-3)83-77(80)71-68-65-62-59-56-53-50-47-45-43-41-39-37-35-33-31-29-26-23-20-17-14-11-8-5-2/h7,10,16,19,25,28,31-34,74H,4-6,8-9,11-15,17-18,20-24,26-27,29-30,35-73H2,1-3H3/b10-7-,19-16-,28-25-,33-31-,34-32-. The van der Waals surface area contributed by atoms with Crippen LogP contribution in [0.5, 0.6) is 0 Å². The Kier molecular flexibility index (Phi) is 69.1. The predicted octanol–water partition coefficient (Wildman–Crippen LogP) is 25.5. The first kappa shape index (κ1) is 80.1. The van der Waals surface area contributed by atoms with Gasteiger partial charge in [-0.1, -0.05) is 351 Å². The zero-order valence-electron chi connectivity index (χ0n) is 55.7. The van der Waals surface area contributed by atoms with Crippen LogP contribution in [0.2, 0.25) is 0 Å². The number of hydrogen-bond acceptors (Lipinski definition) is 6. The molecule has 0 heterocycles. The van der Waals surface area contributed by atoms with Gasteiger partial charge in [-0.15, -0.1) is 0 Å². The quantitative estimate of drug-likeness (QED) is 0.0261. The van der Waals surface area contributed by atoms with Crippen molar-refractivity contribution in [2.45, 2.75) is 399 Å². The highest BCUT2D eigenvalue weighted by molar-refractivity contribution is 5.71. The number of esters is 3. The first-order valence-electron chi connectivity index (χ1n) is 36.8. The van der Waals surface area contributed by atoms with Gasteiger partial charge in [0.25, 0.3) is 0 Å². The largest absolute Gasteiger partial charge is 0.462 e. The van der Waals surface area contributed by atoms with Crippen LogP contribution in [0, 0.1) is 0 Å². The molecule has 0 rings (SSSR count). The molecule has 0 aliphatic heterocycles. The number of carbonyl (C=O) groups is 3. The first-order chi connectivity index (χ1) is 41.0. The Morgan fingerprint density at radius 3 is 0.747 bits per heavy atom. The van der Waals surface area contributed by atoms with E-state index in [2.05, 4.69) is 81.5 Å². The molecule has 0 aliphatic rings. The van der Waals surface area contributed by atoms with Crippen molar-refractivity contribution < 1.29 is 28.6 Å². The minimum Gasteiger partial charge on any atom is -0.462 e. The molecule has 484 valence electrons. The van der Waals surface area contributed by atoms with Crippen molar-refractivity contribution in [3.8, 4) is 0 Å². The summed E-state index contributed by atoms with van der Waals surface area (Å²) in [6.07, 6.45) is 92.5. The van der Waals surface area contributed by atoms with Crippen LogP contribution in [0.15, 0.2) is 60.8 Å². The molecule has 0 aliphatic carbocycles. The molecule has 0 saturated carbocycles. The van der Waals surface area contributed by atoms with E-state index in [-0.39, 0.29) is 31.1 Å². The van der Waals surface area contributed by atoms with Gasteiger partial charge < -0.3 is 14.2 Å². The van der Waals surface area contributed by atoms with Crippen molar-refractivity contribution in [1.29, 1.82) is 0 Å². The van der Waals surface area contributed by atoms with E-state index in [1.807, 2.05) is 0 Å². The van der Waals surface area contributed by atoms with Crippen LogP contribution in [-0.2, 0) is 28.6 Å². The van der Waals surface area contributed by atoms with E-state index in [9.17, 15) is 14.4 Å². The average Bonchev–Trinajstić information content (AvgIpc) is 3.49.